The van der Waals surface area contributed by atoms with Crippen molar-refractivity contribution in [2.75, 3.05) is 32.1 Å². The van der Waals surface area contributed by atoms with E-state index in [1.807, 2.05) is 7.05 Å². The Morgan fingerprint density at radius 3 is 2.55 bits per heavy atom. The molecule has 5 heteroatoms. The molecule has 0 saturated heterocycles. The van der Waals surface area contributed by atoms with Crippen LogP contribution in [0.15, 0.2) is 0 Å². The number of nitrogens with zero attached hydrogens (tertiary/aromatic N) is 1. The van der Waals surface area contributed by atoms with Gasteiger partial charge in [0.1, 0.15) is 9.84 Å². The van der Waals surface area contributed by atoms with Crippen molar-refractivity contribution in [3.63, 3.8) is 0 Å². The van der Waals surface area contributed by atoms with Crippen LogP contribution in [0.1, 0.15) is 46.0 Å². The summed E-state index contributed by atoms with van der Waals surface area (Å²) in [6.45, 7) is 5.75. The first-order valence-electron chi connectivity index (χ1n) is 7.77. The van der Waals surface area contributed by atoms with Crippen LogP contribution in [0.2, 0.25) is 0 Å². The molecule has 0 radical (unpaired) electrons. The lowest BCUT2D eigenvalue weighted by Crippen LogP contribution is -2.55. The van der Waals surface area contributed by atoms with E-state index in [9.17, 15) is 8.42 Å². The predicted octanol–water partition coefficient (Wildman–Crippen LogP) is 1.90. The maximum atomic E-state index is 11.4. The van der Waals surface area contributed by atoms with Crippen molar-refractivity contribution in [2.45, 2.75) is 51.5 Å². The largest absolute Gasteiger partial charge is 0.329 e. The number of rotatable bonds is 7. The monoisotopic (exact) mass is 304 g/mol. The summed E-state index contributed by atoms with van der Waals surface area (Å²) in [6.07, 6.45) is 7.26. The summed E-state index contributed by atoms with van der Waals surface area (Å²) in [7, 11) is -0.870. The van der Waals surface area contributed by atoms with Gasteiger partial charge in [-0.2, -0.15) is 0 Å². The number of nitrogens with two attached hydrogens (primary N) is 1. The van der Waals surface area contributed by atoms with Gasteiger partial charge >= 0.3 is 0 Å². The van der Waals surface area contributed by atoms with Crippen LogP contribution in [0.4, 0.5) is 0 Å². The molecule has 1 saturated carbocycles. The molecule has 0 amide bonds. The normalized spacial score (nSPS) is 28.2. The number of hydrogen-bond acceptors (Lipinski definition) is 4. The van der Waals surface area contributed by atoms with Gasteiger partial charge in [0.2, 0.25) is 0 Å². The van der Waals surface area contributed by atoms with Gasteiger partial charge in [0.15, 0.2) is 0 Å². The van der Waals surface area contributed by atoms with Gasteiger partial charge in [-0.05, 0) is 38.1 Å². The van der Waals surface area contributed by atoms with Crippen molar-refractivity contribution in [1.29, 1.82) is 0 Å². The predicted molar refractivity (Wildman–Crippen MR) is 85.5 cm³/mol. The van der Waals surface area contributed by atoms with E-state index in [1.165, 1.54) is 25.5 Å². The molecule has 4 nitrogen and oxygen atoms in total. The van der Waals surface area contributed by atoms with Crippen molar-refractivity contribution in [3.05, 3.63) is 0 Å². The zero-order valence-corrected chi connectivity index (χ0v) is 14.4. The first-order chi connectivity index (χ1) is 9.18. The molecule has 2 N–H and O–H groups in total. The lowest BCUT2D eigenvalue weighted by atomic mass is 9.72. The first-order valence-corrected chi connectivity index (χ1v) is 9.83. The Morgan fingerprint density at radius 2 is 2.05 bits per heavy atom. The Bertz CT molecular complexity index is 395. The SMILES string of the molecule is CC(C)CC1CCCC(CN)(N(C)CCS(C)(=O)=O)C1. The van der Waals surface area contributed by atoms with E-state index >= 15 is 0 Å². The third kappa shape index (κ3) is 5.34. The first kappa shape index (κ1) is 17.9. The van der Waals surface area contributed by atoms with Gasteiger partial charge in [0, 0.05) is 24.9 Å². The van der Waals surface area contributed by atoms with Crippen molar-refractivity contribution in [1.82, 2.24) is 4.90 Å². The van der Waals surface area contributed by atoms with Crippen molar-refractivity contribution in [3.8, 4) is 0 Å². The zero-order valence-electron chi connectivity index (χ0n) is 13.6. The summed E-state index contributed by atoms with van der Waals surface area (Å²) in [5, 5.41) is 0. The summed E-state index contributed by atoms with van der Waals surface area (Å²) in [5.74, 6) is 1.67. The topological polar surface area (TPSA) is 63.4 Å². The fraction of sp³-hybridized carbons (Fsp3) is 1.00. The van der Waals surface area contributed by atoms with E-state index in [0.717, 1.165) is 24.7 Å². The Kier molecular flexibility index (Phi) is 6.48. The van der Waals surface area contributed by atoms with Crippen LogP contribution in [0.25, 0.3) is 0 Å². The fourth-order valence-corrected chi connectivity index (χ4v) is 4.16. The molecule has 1 aliphatic carbocycles. The van der Waals surface area contributed by atoms with E-state index in [4.69, 9.17) is 5.73 Å². The number of likely N-dealkylation sites (N-methyl/N-ethyl adjacent to an activating group) is 1. The molecule has 2 atom stereocenters. The Hall–Kier alpha value is -0.130. The molecule has 1 fully saturated rings. The van der Waals surface area contributed by atoms with E-state index in [1.54, 1.807) is 0 Å². The highest BCUT2D eigenvalue weighted by molar-refractivity contribution is 7.90. The second-order valence-corrected chi connectivity index (χ2v) is 9.33. The minimum absolute atomic E-state index is 0.00248. The third-order valence-corrected chi connectivity index (χ3v) is 5.64. The Balaban J connectivity index is 2.69. The molecule has 0 aromatic heterocycles. The lowest BCUT2D eigenvalue weighted by Gasteiger charge is -2.47. The summed E-state index contributed by atoms with van der Waals surface area (Å²) in [4.78, 5) is 2.21. The van der Waals surface area contributed by atoms with Gasteiger partial charge in [-0.1, -0.05) is 26.7 Å². The van der Waals surface area contributed by atoms with E-state index < -0.39 is 9.84 Å². The van der Waals surface area contributed by atoms with Gasteiger partial charge in [0.25, 0.3) is 0 Å². The van der Waals surface area contributed by atoms with Crippen LogP contribution in [0, 0.1) is 11.8 Å². The summed E-state index contributed by atoms with van der Waals surface area (Å²) < 4.78 is 22.7. The average Bonchev–Trinajstić information content (AvgIpc) is 2.34. The molecule has 120 valence electrons. The summed E-state index contributed by atoms with van der Waals surface area (Å²) in [6, 6.07) is 0. The molecule has 0 aromatic rings. The van der Waals surface area contributed by atoms with Crippen molar-refractivity contribution >= 4 is 9.84 Å². The standard InChI is InChI=1S/C15H32N2O2S/c1-13(2)10-14-6-5-7-15(11-14,12-16)17(3)8-9-20(4,18)19/h13-14H,5-12,16H2,1-4H3. The second-order valence-electron chi connectivity index (χ2n) is 7.07. The van der Waals surface area contributed by atoms with Crippen molar-refractivity contribution in [2.24, 2.45) is 17.6 Å². The molecule has 0 spiro atoms. The van der Waals surface area contributed by atoms with E-state index in [0.29, 0.717) is 13.1 Å². The third-order valence-electron chi connectivity index (χ3n) is 4.72. The van der Waals surface area contributed by atoms with Gasteiger partial charge in [0.05, 0.1) is 5.75 Å². The highest BCUT2D eigenvalue weighted by atomic mass is 32.2. The minimum atomic E-state index is -2.91. The quantitative estimate of drug-likeness (QED) is 0.780. The summed E-state index contributed by atoms with van der Waals surface area (Å²) >= 11 is 0. The molecule has 20 heavy (non-hydrogen) atoms. The highest BCUT2D eigenvalue weighted by Gasteiger charge is 2.38. The average molecular weight is 305 g/mol. The zero-order chi connectivity index (χ0) is 15.4. The molecule has 0 aromatic carbocycles. The summed E-state index contributed by atoms with van der Waals surface area (Å²) in [5.41, 5.74) is 6.08. The Labute approximate surface area is 125 Å². The molecule has 0 heterocycles. The minimum Gasteiger partial charge on any atom is -0.329 e. The van der Waals surface area contributed by atoms with Crippen molar-refractivity contribution < 1.29 is 8.42 Å². The maximum Gasteiger partial charge on any atom is 0.148 e. The van der Waals surface area contributed by atoms with Crippen LogP contribution >= 0.6 is 0 Å². The highest BCUT2D eigenvalue weighted by Crippen LogP contribution is 2.38. The second kappa shape index (κ2) is 7.23. The van der Waals surface area contributed by atoms with E-state index in [2.05, 4.69) is 18.7 Å². The van der Waals surface area contributed by atoms with Gasteiger partial charge < -0.3 is 5.73 Å². The van der Waals surface area contributed by atoms with Crippen LogP contribution in [0.5, 0.6) is 0 Å². The van der Waals surface area contributed by atoms with Crippen LogP contribution in [-0.2, 0) is 9.84 Å². The number of sulfone groups is 1. The molecule has 1 rings (SSSR count). The fourth-order valence-electron chi connectivity index (χ4n) is 3.56. The van der Waals surface area contributed by atoms with Crippen LogP contribution in [0.3, 0.4) is 0 Å². The van der Waals surface area contributed by atoms with E-state index in [-0.39, 0.29) is 11.3 Å². The van der Waals surface area contributed by atoms with Crippen LogP contribution in [-0.4, -0.2) is 51.0 Å². The van der Waals surface area contributed by atoms with Gasteiger partial charge in [-0.25, -0.2) is 8.42 Å². The lowest BCUT2D eigenvalue weighted by molar-refractivity contribution is 0.0568. The molecular formula is C15H32N2O2S. The Morgan fingerprint density at radius 1 is 1.40 bits per heavy atom. The maximum absolute atomic E-state index is 11.4. The molecule has 2 unspecified atom stereocenters. The number of hydrogen-bond donors (Lipinski definition) is 1. The van der Waals surface area contributed by atoms with Crippen LogP contribution < -0.4 is 5.73 Å². The molecule has 0 aliphatic heterocycles. The molecular weight excluding hydrogens is 272 g/mol. The molecule has 1 aliphatic rings. The van der Waals surface area contributed by atoms with Gasteiger partial charge in [-0.15, -0.1) is 0 Å². The van der Waals surface area contributed by atoms with Gasteiger partial charge in [-0.3, -0.25) is 4.90 Å². The smallest absolute Gasteiger partial charge is 0.148 e. The molecule has 0 bridgehead atoms.